The zero-order chi connectivity index (χ0) is 15.5. The van der Waals surface area contributed by atoms with E-state index < -0.39 is 4.92 Å². The number of amidine groups is 1. The molecule has 0 spiro atoms. The molecule has 1 aliphatic rings. The fourth-order valence-corrected chi connectivity index (χ4v) is 2.37. The van der Waals surface area contributed by atoms with Gasteiger partial charge in [-0.05, 0) is 30.2 Å². The molecule has 0 amide bonds. The van der Waals surface area contributed by atoms with E-state index in [1.165, 1.54) is 18.3 Å². The van der Waals surface area contributed by atoms with E-state index in [0.717, 1.165) is 5.56 Å². The number of hydrogen-bond acceptors (Lipinski definition) is 5. The molecule has 1 aliphatic heterocycles. The van der Waals surface area contributed by atoms with Gasteiger partial charge in [0.05, 0.1) is 15.6 Å². The van der Waals surface area contributed by atoms with Crippen LogP contribution in [-0.2, 0) is 6.42 Å². The van der Waals surface area contributed by atoms with Crippen molar-refractivity contribution in [1.29, 1.82) is 0 Å². The van der Waals surface area contributed by atoms with E-state index in [1.54, 1.807) is 12.1 Å². The zero-order valence-corrected chi connectivity index (χ0v) is 12.1. The lowest BCUT2D eigenvalue weighted by Gasteiger charge is -2.07. The molecule has 0 saturated carbocycles. The molecule has 110 valence electrons. The number of para-hydroxylation sites is 1. The topological polar surface area (TPSA) is 80.4 Å². The quantitative estimate of drug-likeness (QED) is 0.673. The summed E-state index contributed by atoms with van der Waals surface area (Å²) >= 11 is 6.18. The molecule has 0 bridgehead atoms. The van der Waals surface area contributed by atoms with Gasteiger partial charge in [0.15, 0.2) is 0 Å². The van der Waals surface area contributed by atoms with Crippen LogP contribution in [-0.4, -0.2) is 15.7 Å². The minimum atomic E-state index is -0.489. The Balaban J connectivity index is 2.00. The second kappa shape index (κ2) is 5.95. The summed E-state index contributed by atoms with van der Waals surface area (Å²) < 4.78 is 0. The van der Waals surface area contributed by atoms with Gasteiger partial charge < -0.3 is 5.32 Å². The molecule has 22 heavy (non-hydrogen) atoms. The van der Waals surface area contributed by atoms with E-state index >= 15 is 0 Å². The molecule has 0 saturated heterocycles. The summed E-state index contributed by atoms with van der Waals surface area (Å²) in [6.07, 6.45) is 5.85. The number of rotatable bonds is 2. The molecular weight excluding hydrogens is 304 g/mol. The van der Waals surface area contributed by atoms with Gasteiger partial charge in [0.1, 0.15) is 5.84 Å². The van der Waals surface area contributed by atoms with E-state index in [0.29, 0.717) is 23.0 Å². The summed E-state index contributed by atoms with van der Waals surface area (Å²) in [7, 11) is 0. The number of hydrogen-bond donors (Lipinski definition) is 1. The lowest BCUT2D eigenvalue weighted by atomic mass is 10.1. The minimum Gasteiger partial charge on any atom is -0.319 e. The Morgan fingerprint density at radius 2 is 2.14 bits per heavy atom. The molecular formula is C15H11ClN4O2. The molecule has 2 heterocycles. The Labute approximate surface area is 131 Å². The number of allylic oxidation sites excluding steroid dienone is 1. The van der Waals surface area contributed by atoms with Gasteiger partial charge >= 0.3 is 5.69 Å². The molecule has 3 rings (SSSR count). The lowest BCUT2D eigenvalue weighted by molar-refractivity contribution is -0.384. The van der Waals surface area contributed by atoms with Crippen LogP contribution in [0.5, 0.6) is 0 Å². The van der Waals surface area contributed by atoms with E-state index in [2.05, 4.69) is 15.3 Å². The average Bonchev–Trinajstić information content (AvgIpc) is 2.71. The van der Waals surface area contributed by atoms with Crippen LogP contribution < -0.4 is 5.32 Å². The second-order valence-electron chi connectivity index (χ2n) is 4.60. The van der Waals surface area contributed by atoms with E-state index in [-0.39, 0.29) is 11.5 Å². The summed E-state index contributed by atoms with van der Waals surface area (Å²) in [5.41, 5.74) is 1.55. The van der Waals surface area contributed by atoms with Gasteiger partial charge in [-0.1, -0.05) is 29.8 Å². The maximum absolute atomic E-state index is 11.0. The van der Waals surface area contributed by atoms with Gasteiger partial charge in [-0.2, -0.15) is 0 Å². The van der Waals surface area contributed by atoms with E-state index in [1.807, 2.05) is 18.2 Å². The number of aliphatic imine (C=N–C) groups is 1. The maximum atomic E-state index is 11.0. The van der Waals surface area contributed by atoms with Crippen LogP contribution in [0, 0.1) is 10.1 Å². The number of benzene rings is 1. The Hall–Kier alpha value is -2.73. The minimum absolute atomic E-state index is 0.109. The number of anilines is 1. The van der Waals surface area contributed by atoms with E-state index in [4.69, 9.17) is 11.6 Å². The third kappa shape index (κ3) is 2.82. The highest BCUT2D eigenvalue weighted by atomic mass is 35.5. The Bertz CT molecular complexity index is 802. The van der Waals surface area contributed by atoms with Crippen molar-refractivity contribution < 1.29 is 4.92 Å². The summed E-state index contributed by atoms with van der Waals surface area (Å²) in [6, 6.07) is 8.47. The predicted octanol–water partition coefficient (Wildman–Crippen LogP) is 3.90. The van der Waals surface area contributed by atoms with Crippen molar-refractivity contribution >= 4 is 34.6 Å². The first-order valence-electron chi connectivity index (χ1n) is 6.54. The largest absolute Gasteiger partial charge is 0.319 e. The molecule has 1 aromatic carbocycles. The van der Waals surface area contributed by atoms with E-state index in [9.17, 15) is 10.1 Å². The molecule has 0 aliphatic carbocycles. The number of pyridine rings is 1. The van der Waals surface area contributed by atoms with Crippen LogP contribution in [0.1, 0.15) is 5.56 Å². The second-order valence-corrected chi connectivity index (χ2v) is 5.01. The first-order valence-corrected chi connectivity index (χ1v) is 6.92. The summed E-state index contributed by atoms with van der Waals surface area (Å²) in [5.74, 6) is 0.597. The number of aromatic nitrogens is 1. The molecule has 1 N–H and O–H groups in total. The molecule has 0 fully saturated rings. The van der Waals surface area contributed by atoms with Crippen molar-refractivity contribution in [3.63, 3.8) is 0 Å². The van der Waals surface area contributed by atoms with Crippen LogP contribution in [0.3, 0.4) is 0 Å². The van der Waals surface area contributed by atoms with Gasteiger partial charge in [-0.3, -0.25) is 10.1 Å². The Morgan fingerprint density at radius 3 is 2.95 bits per heavy atom. The van der Waals surface area contributed by atoms with Gasteiger partial charge in [0.2, 0.25) is 5.82 Å². The molecule has 0 unspecified atom stereocenters. The third-order valence-corrected chi connectivity index (χ3v) is 3.45. The van der Waals surface area contributed by atoms with Gasteiger partial charge in [0.25, 0.3) is 0 Å². The summed E-state index contributed by atoms with van der Waals surface area (Å²) in [5, 5.41) is 14.5. The average molecular weight is 315 g/mol. The SMILES string of the molecule is O=[N+]([O-])c1cccnc1NC1=Nc2c(Cl)cccc2CC=C1. The molecule has 7 heteroatoms. The molecule has 0 atom stereocenters. The Morgan fingerprint density at radius 1 is 1.27 bits per heavy atom. The standard InChI is InChI=1S/C15H11ClN4O2/c16-11-6-1-4-10-5-2-8-13(18-14(10)11)19-15-12(20(21)22)7-3-9-17-15/h1-4,6-9H,5H2,(H,17,18,19). The first kappa shape index (κ1) is 14.2. The summed E-state index contributed by atoms with van der Waals surface area (Å²) in [6.45, 7) is 0. The molecule has 1 aromatic heterocycles. The van der Waals surface area contributed by atoms with Crippen molar-refractivity contribution in [3.8, 4) is 0 Å². The monoisotopic (exact) mass is 314 g/mol. The fourth-order valence-electron chi connectivity index (χ4n) is 2.14. The highest BCUT2D eigenvalue weighted by molar-refractivity contribution is 6.33. The number of fused-ring (bicyclic) bond motifs is 1. The maximum Gasteiger partial charge on any atom is 0.311 e. The highest BCUT2D eigenvalue weighted by Gasteiger charge is 2.16. The van der Waals surface area contributed by atoms with Crippen LogP contribution >= 0.6 is 11.6 Å². The predicted molar refractivity (Wildman–Crippen MR) is 85.9 cm³/mol. The van der Waals surface area contributed by atoms with Crippen LogP contribution in [0.25, 0.3) is 0 Å². The fraction of sp³-hybridized carbons (Fsp3) is 0.0667. The Kier molecular flexibility index (Phi) is 3.84. The number of nitro groups is 1. The first-order chi connectivity index (χ1) is 10.6. The molecule has 0 radical (unpaired) electrons. The van der Waals surface area contributed by atoms with Crippen molar-refractivity contribution in [2.24, 2.45) is 4.99 Å². The third-order valence-electron chi connectivity index (χ3n) is 3.15. The van der Waals surface area contributed by atoms with Crippen LogP contribution in [0.4, 0.5) is 17.2 Å². The van der Waals surface area contributed by atoms with Crippen molar-refractivity contribution in [2.45, 2.75) is 6.42 Å². The molecule has 2 aromatic rings. The van der Waals surface area contributed by atoms with Gasteiger partial charge in [-0.25, -0.2) is 9.98 Å². The molecule has 6 nitrogen and oxygen atoms in total. The van der Waals surface area contributed by atoms with Crippen molar-refractivity contribution in [1.82, 2.24) is 4.98 Å². The summed E-state index contributed by atoms with van der Waals surface area (Å²) in [4.78, 5) is 19.0. The van der Waals surface area contributed by atoms with Gasteiger partial charge in [0, 0.05) is 12.3 Å². The number of nitrogens with one attached hydrogen (secondary N) is 1. The lowest BCUT2D eigenvalue weighted by Crippen LogP contribution is -2.11. The van der Waals surface area contributed by atoms with Crippen LogP contribution in [0.2, 0.25) is 5.02 Å². The normalized spacial score (nSPS) is 13.0. The van der Waals surface area contributed by atoms with Gasteiger partial charge in [-0.15, -0.1) is 0 Å². The number of nitrogens with zero attached hydrogens (tertiary/aromatic N) is 3. The smallest absolute Gasteiger partial charge is 0.311 e. The van der Waals surface area contributed by atoms with Crippen LogP contribution in [0.15, 0.2) is 53.7 Å². The van der Waals surface area contributed by atoms with Crippen molar-refractivity contribution in [2.75, 3.05) is 5.32 Å². The highest BCUT2D eigenvalue weighted by Crippen LogP contribution is 2.31. The zero-order valence-electron chi connectivity index (χ0n) is 11.4. The van der Waals surface area contributed by atoms with Crippen molar-refractivity contribution in [3.05, 3.63) is 69.4 Å². The number of halogens is 1.